The van der Waals surface area contributed by atoms with Crippen molar-refractivity contribution in [1.29, 1.82) is 0 Å². The molecule has 86 valence electrons. The molecule has 1 aromatic rings. The standard InChI is InChI=1S/C14H18O2/c1-2-9-14(13(15)16)10-5-7-11-6-3-4-8-12(11)14/h3-4,6,8H,2,5,7,9-10H2,1H3,(H,15,16). The summed E-state index contributed by atoms with van der Waals surface area (Å²) in [4.78, 5) is 11.6. The van der Waals surface area contributed by atoms with E-state index in [1.165, 1.54) is 5.56 Å². The number of carbonyl (C=O) groups is 1. The maximum atomic E-state index is 11.6. The second-order valence-corrected chi connectivity index (χ2v) is 4.65. The van der Waals surface area contributed by atoms with Crippen LogP contribution < -0.4 is 0 Å². The summed E-state index contributed by atoms with van der Waals surface area (Å²) in [6.07, 6.45) is 4.46. The lowest BCUT2D eigenvalue weighted by Gasteiger charge is -2.35. The average Bonchev–Trinajstić information content (AvgIpc) is 2.29. The molecule has 2 nitrogen and oxygen atoms in total. The third-order valence-electron chi connectivity index (χ3n) is 3.67. The number of fused-ring (bicyclic) bond motifs is 1. The summed E-state index contributed by atoms with van der Waals surface area (Å²) in [6.45, 7) is 2.06. The molecule has 0 radical (unpaired) electrons. The van der Waals surface area contributed by atoms with Crippen LogP contribution in [0.25, 0.3) is 0 Å². The number of rotatable bonds is 3. The molecule has 2 heteroatoms. The normalized spacial score (nSPS) is 23.8. The monoisotopic (exact) mass is 218 g/mol. The molecule has 1 N–H and O–H groups in total. The molecule has 1 aliphatic rings. The Morgan fingerprint density at radius 3 is 2.88 bits per heavy atom. The molecule has 0 aliphatic heterocycles. The molecule has 0 bridgehead atoms. The van der Waals surface area contributed by atoms with Crippen molar-refractivity contribution in [3.8, 4) is 0 Å². The minimum absolute atomic E-state index is 0.621. The molecular formula is C14H18O2. The predicted molar refractivity (Wildman–Crippen MR) is 63.6 cm³/mol. The van der Waals surface area contributed by atoms with Crippen molar-refractivity contribution >= 4 is 5.97 Å². The molecule has 0 saturated carbocycles. The number of carboxylic acids is 1. The summed E-state index contributed by atoms with van der Waals surface area (Å²) >= 11 is 0. The van der Waals surface area contributed by atoms with Gasteiger partial charge in [-0.05, 0) is 36.8 Å². The molecule has 0 amide bonds. The highest BCUT2D eigenvalue weighted by Gasteiger charge is 2.42. The lowest BCUT2D eigenvalue weighted by molar-refractivity contribution is -0.144. The van der Waals surface area contributed by atoms with Gasteiger partial charge in [0.1, 0.15) is 0 Å². The molecule has 0 aromatic heterocycles. The number of aryl methyl sites for hydroxylation is 1. The van der Waals surface area contributed by atoms with Crippen LogP contribution >= 0.6 is 0 Å². The van der Waals surface area contributed by atoms with Gasteiger partial charge in [-0.25, -0.2) is 0 Å². The van der Waals surface area contributed by atoms with Crippen molar-refractivity contribution in [2.24, 2.45) is 0 Å². The quantitative estimate of drug-likeness (QED) is 0.846. The van der Waals surface area contributed by atoms with E-state index in [-0.39, 0.29) is 0 Å². The number of aliphatic carboxylic acids is 1. The number of hydrogen-bond acceptors (Lipinski definition) is 1. The highest BCUT2D eigenvalue weighted by atomic mass is 16.4. The fourth-order valence-electron chi connectivity index (χ4n) is 2.94. The van der Waals surface area contributed by atoms with Crippen LogP contribution in [-0.2, 0) is 16.6 Å². The highest BCUT2D eigenvalue weighted by Crippen LogP contribution is 2.41. The van der Waals surface area contributed by atoms with Gasteiger partial charge in [0, 0.05) is 0 Å². The zero-order valence-electron chi connectivity index (χ0n) is 9.70. The second-order valence-electron chi connectivity index (χ2n) is 4.65. The molecule has 0 spiro atoms. The topological polar surface area (TPSA) is 37.3 Å². The fraction of sp³-hybridized carbons (Fsp3) is 0.500. The smallest absolute Gasteiger partial charge is 0.314 e. The van der Waals surface area contributed by atoms with Crippen LogP contribution in [0.1, 0.15) is 43.7 Å². The van der Waals surface area contributed by atoms with Crippen LogP contribution in [0.15, 0.2) is 24.3 Å². The predicted octanol–water partition coefficient (Wildman–Crippen LogP) is 3.15. The first-order valence-electron chi connectivity index (χ1n) is 6.02. The Bertz CT molecular complexity index is 397. The highest BCUT2D eigenvalue weighted by molar-refractivity contribution is 5.82. The average molecular weight is 218 g/mol. The Hall–Kier alpha value is -1.31. The maximum absolute atomic E-state index is 11.6. The van der Waals surface area contributed by atoms with Crippen LogP contribution in [0.2, 0.25) is 0 Å². The first kappa shape index (κ1) is 11.2. The molecule has 1 unspecified atom stereocenters. The fourth-order valence-corrected chi connectivity index (χ4v) is 2.94. The van der Waals surface area contributed by atoms with E-state index in [0.29, 0.717) is 0 Å². The Morgan fingerprint density at radius 1 is 1.44 bits per heavy atom. The first-order valence-corrected chi connectivity index (χ1v) is 6.02. The minimum atomic E-state index is -0.651. The number of benzene rings is 1. The largest absolute Gasteiger partial charge is 0.481 e. The van der Waals surface area contributed by atoms with Crippen LogP contribution in [0.4, 0.5) is 0 Å². The second kappa shape index (κ2) is 4.28. The summed E-state index contributed by atoms with van der Waals surface area (Å²) in [7, 11) is 0. The molecule has 1 atom stereocenters. The van der Waals surface area contributed by atoms with Gasteiger partial charge in [-0.1, -0.05) is 37.6 Å². The molecule has 2 rings (SSSR count). The molecule has 1 aliphatic carbocycles. The molecule has 0 heterocycles. The van der Waals surface area contributed by atoms with Crippen LogP contribution in [0, 0.1) is 0 Å². The van der Waals surface area contributed by atoms with Crippen LogP contribution in [0.5, 0.6) is 0 Å². The molecule has 0 saturated heterocycles. The molecule has 16 heavy (non-hydrogen) atoms. The van der Waals surface area contributed by atoms with E-state index in [2.05, 4.69) is 13.0 Å². The zero-order chi connectivity index (χ0) is 11.6. The van der Waals surface area contributed by atoms with Gasteiger partial charge in [-0.2, -0.15) is 0 Å². The van der Waals surface area contributed by atoms with Crippen molar-refractivity contribution < 1.29 is 9.90 Å². The Morgan fingerprint density at radius 2 is 2.19 bits per heavy atom. The lowest BCUT2D eigenvalue weighted by Crippen LogP contribution is -2.39. The molecule has 0 fully saturated rings. The van der Waals surface area contributed by atoms with Gasteiger partial charge in [0.2, 0.25) is 0 Å². The van der Waals surface area contributed by atoms with Gasteiger partial charge in [0.05, 0.1) is 5.41 Å². The van der Waals surface area contributed by atoms with Crippen molar-refractivity contribution in [3.63, 3.8) is 0 Å². The molecular weight excluding hydrogens is 200 g/mol. The van der Waals surface area contributed by atoms with E-state index in [1.54, 1.807) is 0 Å². The third-order valence-corrected chi connectivity index (χ3v) is 3.67. The van der Waals surface area contributed by atoms with Gasteiger partial charge < -0.3 is 5.11 Å². The van der Waals surface area contributed by atoms with Crippen molar-refractivity contribution in [1.82, 2.24) is 0 Å². The summed E-state index contributed by atoms with van der Waals surface area (Å²) in [5.74, 6) is -0.651. The van der Waals surface area contributed by atoms with Gasteiger partial charge in [-0.3, -0.25) is 4.79 Å². The van der Waals surface area contributed by atoms with Crippen LogP contribution in [-0.4, -0.2) is 11.1 Å². The lowest BCUT2D eigenvalue weighted by atomic mass is 9.67. The summed E-state index contributed by atoms with van der Waals surface area (Å²) in [6, 6.07) is 8.03. The zero-order valence-corrected chi connectivity index (χ0v) is 9.70. The number of carboxylic acid groups (broad SMARTS) is 1. The van der Waals surface area contributed by atoms with Gasteiger partial charge in [0.25, 0.3) is 0 Å². The van der Waals surface area contributed by atoms with Crippen molar-refractivity contribution in [2.75, 3.05) is 0 Å². The maximum Gasteiger partial charge on any atom is 0.314 e. The Labute approximate surface area is 96.3 Å². The first-order chi connectivity index (χ1) is 7.70. The SMILES string of the molecule is CCCC1(C(=O)O)CCCc2ccccc21. The van der Waals surface area contributed by atoms with E-state index in [4.69, 9.17) is 0 Å². The summed E-state index contributed by atoms with van der Waals surface area (Å²) in [5.41, 5.74) is 1.66. The van der Waals surface area contributed by atoms with Crippen molar-refractivity contribution in [3.05, 3.63) is 35.4 Å². The van der Waals surface area contributed by atoms with Crippen molar-refractivity contribution in [2.45, 2.75) is 44.4 Å². The minimum Gasteiger partial charge on any atom is -0.481 e. The van der Waals surface area contributed by atoms with E-state index in [9.17, 15) is 9.90 Å². The summed E-state index contributed by atoms with van der Waals surface area (Å²) < 4.78 is 0. The van der Waals surface area contributed by atoms with E-state index < -0.39 is 11.4 Å². The summed E-state index contributed by atoms with van der Waals surface area (Å²) in [5, 5.41) is 9.57. The van der Waals surface area contributed by atoms with Gasteiger partial charge >= 0.3 is 5.97 Å². The van der Waals surface area contributed by atoms with Crippen LogP contribution in [0.3, 0.4) is 0 Å². The Kier molecular flexibility index (Phi) is 2.99. The van der Waals surface area contributed by atoms with Gasteiger partial charge in [-0.15, -0.1) is 0 Å². The van der Waals surface area contributed by atoms with E-state index in [0.717, 1.165) is 37.7 Å². The number of hydrogen-bond donors (Lipinski definition) is 1. The van der Waals surface area contributed by atoms with E-state index >= 15 is 0 Å². The molecule has 1 aromatic carbocycles. The Balaban J connectivity index is 2.52. The van der Waals surface area contributed by atoms with Gasteiger partial charge in [0.15, 0.2) is 0 Å². The third kappa shape index (κ3) is 1.62. The van der Waals surface area contributed by atoms with E-state index in [1.807, 2.05) is 18.2 Å².